The smallest absolute Gasteiger partial charge is 0.289 e. The molecule has 1 aliphatic heterocycles. The Morgan fingerprint density at radius 1 is 1.29 bits per heavy atom. The quantitative estimate of drug-likeness (QED) is 0.886. The number of carbonyl (C=O) groups is 1. The molecule has 1 aromatic heterocycles. The lowest BCUT2D eigenvalue weighted by Crippen LogP contribution is -2.44. The van der Waals surface area contributed by atoms with E-state index in [0.29, 0.717) is 11.8 Å². The van der Waals surface area contributed by atoms with Crippen LogP contribution in [-0.2, 0) is 6.54 Å². The molecular weight excluding hydrogens is 302 g/mol. The van der Waals surface area contributed by atoms with E-state index in [1.807, 2.05) is 11.9 Å². The molecule has 2 N–H and O–H groups in total. The normalized spacial score (nSPS) is 15.5. The van der Waals surface area contributed by atoms with Crippen LogP contribution in [0.3, 0.4) is 0 Å². The Labute approximate surface area is 143 Å². The van der Waals surface area contributed by atoms with Crippen molar-refractivity contribution in [2.75, 3.05) is 25.5 Å². The number of hydrogen-bond acceptors (Lipinski definition) is 4. The van der Waals surface area contributed by atoms with Crippen molar-refractivity contribution in [3.8, 4) is 0 Å². The fourth-order valence-electron chi connectivity index (χ4n) is 3.21. The maximum atomic E-state index is 12.3. The third-order valence-electron chi connectivity index (χ3n) is 4.63. The van der Waals surface area contributed by atoms with Gasteiger partial charge >= 0.3 is 0 Å². The molecule has 24 heavy (non-hydrogen) atoms. The van der Waals surface area contributed by atoms with Crippen LogP contribution in [0.25, 0.3) is 0 Å². The van der Waals surface area contributed by atoms with Crippen LogP contribution in [0.4, 0.5) is 5.69 Å². The highest BCUT2D eigenvalue weighted by atomic mass is 16.3. The summed E-state index contributed by atoms with van der Waals surface area (Å²) in [7, 11) is 1.95. The summed E-state index contributed by atoms with van der Waals surface area (Å²) in [4.78, 5) is 14.1. The second-order valence-corrected chi connectivity index (χ2v) is 6.34. The SMILES string of the molecule is CNc1ccc(C)cc1CNC1CCN(C(=O)c2ccco2)CC1. The highest BCUT2D eigenvalue weighted by Gasteiger charge is 2.24. The molecule has 0 unspecified atom stereocenters. The van der Waals surface area contributed by atoms with Crippen molar-refractivity contribution < 1.29 is 9.21 Å². The van der Waals surface area contributed by atoms with Gasteiger partial charge in [0, 0.05) is 38.4 Å². The van der Waals surface area contributed by atoms with Crippen molar-refractivity contribution in [3.05, 3.63) is 53.5 Å². The van der Waals surface area contributed by atoms with E-state index in [4.69, 9.17) is 4.42 Å². The zero-order valence-electron chi connectivity index (χ0n) is 14.3. The lowest BCUT2D eigenvalue weighted by molar-refractivity contribution is 0.0672. The molecule has 2 aromatic rings. The summed E-state index contributed by atoms with van der Waals surface area (Å²) < 4.78 is 5.20. The van der Waals surface area contributed by atoms with Gasteiger partial charge in [0.1, 0.15) is 0 Å². The van der Waals surface area contributed by atoms with Crippen LogP contribution >= 0.6 is 0 Å². The number of anilines is 1. The number of furan rings is 1. The van der Waals surface area contributed by atoms with Gasteiger partial charge in [0.25, 0.3) is 5.91 Å². The Kier molecular flexibility index (Phi) is 5.20. The Bertz CT molecular complexity index is 674. The summed E-state index contributed by atoms with van der Waals surface area (Å²) >= 11 is 0. The van der Waals surface area contributed by atoms with E-state index in [9.17, 15) is 4.79 Å². The third-order valence-corrected chi connectivity index (χ3v) is 4.63. The zero-order chi connectivity index (χ0) is 16.9. The highest BCUT2D eigenvalue weighted by molar-refractivity contribution is 5.91. The maximum absolute atomic E-state index is 12.3. The molecule has 0 spiro atoms. The van der Waals surface area contributed by atoms with E-state index >= 15 is 0 Å². The summed E-state index contributed by atoms with van der Waals surface area (Å²) in [5.74, 6) is 0.425. The van der Waals surface area contributed by atoms with E-state index in [1.54, 1.807) is 18.4 Å². The van der Waals surface area contributed by atoms with Gasteiger partial charge in [-0.3, -0.25) is 4.79 Å². The van der Waals surface area contributed by atoms with E-state index in [0.717, 1.165) is 32.5 Å². The number of carbonyl (C=O) groups excluding carboxylic acids is 1. The number of hydrogen-bond donors (Lipinski definition) is 2. The number of aryl methyl sites for hydroxylation is 1. The summed E-state index contributed by atoms with van der Waals surface area (Å²) in [6.07, 6.45) is 3.48. The predicted octanol–water partition coefficient (Wildman–Crippen LogP) is 3.02. The van der Waals surface area contributed by atoms with Crippen molar-refractivity contribution >= 4 is 11.6 Å². The molecule has 1 fully saturated rings. The molecule has 0 aliphatic carbocycles. The molecule has 1 aliphatic rings. The summed E-state index contributed by atoms with van der Waals surface area (Å²) in [6, 6.07) is 10.4. The number of nitrogens with one attached hydrogen (secondary N) is 2. The third kappa shape index (κ3) is 3.79. The zero-order valence-corrected chi connectivity index (χ0v) is 14.3. The molecule has 5 nitrogen and oxygen atoms in total. The highest BCUT2D eigenvalue weighted by Crippen LogP contribution is 2.19. The topological polar surface area (TPSA) is 57.5 Å². The molecular formula is C19H25N3O2. The fourth-order valence-corrected chi connectivity index (χ4v) is 3.21. The monoisotopic (exact) mass is 327 g/mol. The van der Waals surface area contributed by atoms with E-state index in [-0.39, 0.29) is 5.91 Å². The fraction of sp³-hybridized carbons (Fsp3) is 0.421. The van der Waals surface area contributed by atoms with Gasteiger partial charge in [-0.15, -0.1) is 0 Å². The minimum absolute atomic E-state index is 0.00500. The van der Waals surface area contributed by atoms with E-state index in [2.05, 4.69) is 35.8 Å². The van der Waals surface area contributed by atoms with E-state index in [1.165, 1.54) is 16.8 Å². The van der Waals surface area contributed by atoms with Gasteiger partial charge in [0.15, 0.2) is 5.76 Å². The van der Waals surface area contributed by atoms with Crippen molar-refractivity contribution in [2.24, 2.45) is 0 Å². The minimum Gasteiger partial charge on any atom is -0.459 e. The first kappa shape index (κ1) is 16.6. The first-order valence-corrected chi connectivity index (χ1v) is 8.51. The number of nitrogens with zero attached hydrogens (tertiary/aromatic N) is 1. The molecule has 0 radical (unpaired) electrons. The van der Waals surface area contributed by atoms with Crippen molar-refractivity contribution in [3.63, 3.8) is 0 Å². The van der Waals surface area contributed by atoms with Gasteiger partial charge in [-0.1, -0.05) is 17.7 Å². The molecule has 1 aromatic carbocycles. The largest absolute Gasteiger partial charge is 0.459 e. The molecule has 0 bridgehead atoms. The lowest BCUT2D eigenvalue weighted by atomic mass is 10.0. The van der Waals surface area contributed by atoms with E-state index < -0.39 is 0 Å². The van der Waals surface area contributed by atoms with Gasteiger partial charge in [-0.2, -0.15) is 0 Å². The van der Waals surface area contributed by atoms with Crippen LogP contribution < -0.4 is 10.6 Å². The summed E-state index contributed by atoms with van der Waals surface area (Å²) in [5.41, 5.74) is 3.72. The summed E-state index contributed by atoms with van der Waals surface area (Å²) in [6.45, 7) is 4.49. The van der Waals surface area contributed by atoms with Crippen molar-refractivity contribution in [1.29, 1.82) is 0 Å². The van der Waals surface area contributed by atoms with Crippen molar-refractivity contribution in [2.45, 2.75) is 32.4 Å². The van der Waals surface area contributed by atoms with Gasteiger partial charge in [-0.05, 0) is 43.5 Å². The predicted molar refractivity (Wildman–Crippen MR) is 95.2 cm³/mol. The Balaban J connectivity index is 1.51. The van der Waals surface area contributed by atoms with Gasteiger partial charge in [0.2, 0.25) is 0 Å². The molecule has 2 heterocycles. The Hall–Kier alpha value is -2.27. The van der Waals surface area contributed by atoms with Gasteiger partial charge in [0.05, 0.1) is 6.26 Å². The average Bonchev–Trinajstić information content (AvgIpc) is 3.14. The number of amides is 1. The molecule has 3 rings (SSSR count). The first-order chi connectivity index (χ1) is 11.7. The molecule has 5 heteroatoms. The van der Waals surface area contributed by atoms with Gasteiger partial charge in [-0.25, -0.2) is 0 Å². The number of piperidine rings is 1. The van der Waals surface area contributed by atoms with Crippen LogP contribution in [0.2, 0.25) is 0 Å². The molecule has 1 saturated heterocycles. The van der Waals surface area contributed by atoms with Crippen LogP contribution in [0.1, 0.15) is 34.5 Å². The second-order valence-electron chi connectivity index (χ2n) is 6.34. The molecule has 1 amide bonds. The van der Waals surface area contributed by atoms with Crippen LogP contribution in [0, 0.1) is 6.92 Å². The molecule has 128 valence electrons. The Morgan fingerprint density at radius 2 is 2.08 bits per heavy atom. The van der Waals surface area contributed by atoms with Crippen molar-refractivity contribution in [1.82, 2.24) is 10.2 Å². The number of likely N-dealkylation sites (tertiary alicyclic amines) is 1. The molecule has 0 saturated carbocycles. The lowest BCUT2D eigenvalue weighted by Gasteiger charge is -2.32. The molecule has 0 atom stereocenters. The van der Waals surface area contributed by atoms with Gasteiger partial charge < -0.3 is 20.0 Å². The Morgan fingerprint density at radius 3 is 2.75 bits per heavy atom. The summed E-state index contributed by atoms with van der Waals surface area (Å²) in [5, 5.41) is 6.88. The van der Waals surface area contributed by atoms with Crippen LogP contribution in [-0.4, -0.2) is 37.0 Å². The first-order valence-electron chi connectivity index (χ1n) is 8.51. The maximum Gasteiger partial charge on any atom is 0.289 e. The second kappa shape index (κ2) is 7.53. The standard InChI is InChI=1S/C19H25N3O2/c1-14-5-6-17(20-2)15(12-14)13-21-16-7-9-22(10-8-16)19(23)18-4-3-11-24-18/h3-6,11-12,16,20-21H,7-10,13H2,1-2H3. The van der Waals surface area contributed by atoms with Crippen LogP contribution in [0.5, 0.6) is 0 Å². The average molecular weight is 327 g/mol. The number of benzene rings is 1. The minimum atomic E-state index is -0.00500. The number of rotatable bonds is 5. The van der Waals surface area contributed by atoms with Crippen LogP contribution in [0.15, 0.2) is 41.0 Å².